The predicted octanol–water partition coefficient (Wildman–Crippen LogP) is 3.71. The molecule has 2 N–H and O–H groups in total. The van der Waals surface area contributed by atoms with E-state index in [9.17, 15) is 18.4 Å². The van der Waals surface area contributed by atoms with E-state index in [0.29, 0.717) is 21.2 Å². The Bertz CT molecular complexity index is 954. The lowest BCUT2D eigenvalue weighted by Gasteiger charge is -2.09. The summed E-state index contributed by atoms with van der Waals surface area (Å²) >= 11 is 3.33. The number of hydrogen-bond donors (Lipinski definition) is 1. The summed E-state index contributed by atoms with van der Waals surface area (Å²) < 4.78 is 40.0. The molecule has 0 amide bonds. The normalized spacial score (nSPS) is 11.6. The summed E-state index contributed by atoms with van der Waals surface area (Å²) in [5.74, 6) is 0.170. The number of halogens is 4. The van der Waals surface area contributed by atoms with Gasteiger partial charge in [0.05, 0.1) is 23.1 Å². The minimum Gasteiger partial charge on any atom is -0.383 e. The number of benzene rings is 1. The van der Waals surface area contributed by atoms with Crippen molar-refractivity contribution in [3.8, 4) is 6.07 Å². The summed E-state index contributed by atoms with van der Waals surface area (Å²) in [5, 5.41) is 9.73. The molecule has 1 aromatic carbocycles. The first-order valence-corrected chi connectivity index (χ1v) is 7.46. The van der Waals surface area contributed by atoms with Crippen molar-refractivity contribution < 1.29 is 13.2 Å². The molecule has 3 aromatic rings. The lowest BCUT2D eigenvalue weighted by Crippen LogP contribution is -2.06. The number of nitrogen functional groups attached to an aromatic ring is 1. The molecule has 0 spiro atoms. The van der Waals surface area contributed by atoms with Crippen LogP contribution in [0.25, 0.3) is 11.0 Å². The Morgan fingerprint density at radius 3 is 2.46 bits per heavy atom. The molecule has 0 atom stereocenters. The molecule has 9 heteroatoms. The zero-order valence-corrected chi connectivity index (χ0v) is 13.6. The van der Waals surface area contributed by atoms with Crippen LogP contribution in [0.3, 0.4) is 0 Å². The highest BCUT2D eigenvalue weighted by Gasteiger charge is 2.30. The van der Waals surface area contributed by atoms with Crippen LogP contribution >= 0.6 is 15.9 Å². The zero-order chi connectivity index (χ0) is 17.5. The minimum absolute atomic E-state index is 0.170. The standard InChI is InChI=1S/C15H9BrF3N5/c16-12-10(5-20)11-13(21)22-7-23-14(11)24(12)6-8-1-3-9(4-2-8)15(17,18)19/h1-4,7H,6H2,(H2,21,22,23). The summed E-state index contributed by atoms with van der Waals surface area (Å²) in [4.78, 5) is 8.01. The van der Waals surface area contributed by atoms with Crippen LogP contribution in [0.4, 0.5) is 19.0 Å². The Morgan fingerprint density at radius 1 is 1.21 bits per heavy atom. The maximum Gasteiger partial charge on any atom is 0.416 e. The third-order valence-corrected chi connectivity index (χ3v) is 4.36. The fraction of sp³-hybridized carbons (Fsp3) is 0.133. The third kappa shape index (κ3) is 2.69. The molecular formula is C15H9BrF3N5. The van der Waals surface area contributed by atoms with E-state index in [-0.39, 0.29) is 17.9 Å². The van der Waals surface area contributed by atoms with Gasteiger partial charge in [-0.25, -0.2) is 9.97 Å². The number of fused-ring (bicyclic) bond motifs is 1. The lowest BCUT2D eigenvalue weighted by molar-refractivity contribution is -0.137. The molecule has 0 saturated heterocycles. The van der Waals surface area contributed by atoms with Crippen molar-refractivity contribution in [3.63, 3.8) is 0 Å². The van der Waals surface area contributed by atoms with Gasteiger partial charge in [-0.3, -0.25) is 0 Å². The summed E-state index contributed by atoms with van der Waals surface area (Å²) in [7, 11) is 0. The van der Waals surface area contributed by atoms with Gasteiger partial charge in [0.25, 0.3) is 0 Å². The van der Waals surface area contributed by atoms with Gasteiger partial charge in [-0.05, 0) is 33.6 Å². The number of hydrogen-bond acceptors (Lipinski definition) is 4. The van der Waals surface area contributed by atoms with Crippen LogP contribution in [-0.2, 0) is 12.7 Å². The van der Waals surface area contributed by atoms with Crippen LogP contribution in [0, 0.1) is 11.3 Å². The van der Waals surface area contributed by atoms with E-state index < -0.39 is 11.7 Å². The molecule has 0 fully saturated rings. The Labute approximate surface area is 142 Å². The second-order valence-corrected chi connectivity index (χ2v) is 5.77. The van der Waals surface area contributed by atoms with Crippen LogP contribution in [-0.4, -0.2) is 14.5 Å². The van der Waals surface area contributed by atoms with Crippen molar-refractivity contribution in [2.75, 3.05) is 5.73 Å². The van der Waals surface area contributed by atoms with E-state index >= 15 is 0 Å². The summed E-state index contributed by atoms with van der Waals surface area (Å²) in [6.07, 6.45) is -3.11. The van der Waals surface area contributed by atoms with Crippen LogP contribution in [0.2, 0.25) is 0 Å². The molecule has 0 saturated carbocycles. The molecule has 0 aliphatic carbocycles. The van der Waals surface area contributed by atoms with Gasteiger partial charge in [0.1, 0.15) is 28.5 Å². The second kappa shape index (κ2) is 5.79. The van der Waals surface area contributed by atoms with Crippen molar-refractivity contribution in [1.82, 2.24) is 14.5 Å². The Morgan fingerprint density at radius 2 is 1.88 bits per heavy atom. The highest BCUT2D eigenvalue weighted by molar-refractivity contribution is 9.10. The first-order valence-electron chi connectivity index (χ1n) is 6.67. The lowest BCUT2D eigenvalue weighted by atomic mass is 10.1. The number of alkyl halides is 3. The fourth-order valence-electron chi connectivity index (χ4n) is 2.39. The highest BCUT2D eigenvalue weighted by atomic mass is 79.9. The molecule has 0 bridgehead atoms. The molecule has 0 radical (unpaired) electrons. The molecule has 0 aliphatic heterocycles. The molecule has 122 valence electrons. The van der Waals surface area contributed by atoms with Crippen molar-refractivity contribution in [2.45, 2.75) is 12.7 Å². The van der Waals surface area contributed by atoms with Crippen molar-refractivity contribution >= 4 is 32.8 Å². The average Bonchev–Trinajstić information content (AvgIpc) is 2.80. The highest BCUT2D eigenvalue weighted by Crippen LogP contribution is 2.33. The number of anilines is 1. The average molecular weight is 396 g/mol. The van der Waals surface area contributed by atoms with Gasteiger partial charge in [-0.15, -0.1) is 0 Å². The maximum absolute atomic E-state index is 12.6. The molecule has 5 nitrogen and oxygen atoms in total. The van der Waals surface area contributed by atoms with Crippen LogP contribution in [0.1, 0.15) is 16.7 Å². The SMILES string of the molecule is N#Cc1c(Br)n(Cc2ccc(C(F)(F)F)cc2)c2ncnc(N)c12. The monoisotopic (exact) mass is 395 g/mol. The molecule has 3 rings (SSSR count). The van der Waals surface area contributed by atoms with E-state index in [4.69, 9.17) is 5.73 Å². The second-order valence-electron chi connectivity index (χ2n) is 5.02. The number of nitrogens with two attached hydrogens (primary N) is 1. The van der Waals surface area contributed by atoms with E-state index in [2.05, 4.69) is 25.9 Å². The zero-order valence-electron chi connectivity index (χ0n) is 12.0. The number of aromatic nitrogens is 3. The first kappa shape index (κ1) is 16.3. The number of rotatable bonds is 2. The molecule has 0 unspecified atom stereocenters. The van der Waals surface area contributed by atoms with Crippen molar-refractivity contribution in [1.29, 1.82) is 5.26 Å². The fourth-order valence-corrected chi connectivity index (χ4v) is 2.97. The summed E-state index contributed by atoms with van der Waals surface area (Å²) in [6.45, 7) is 0.230. The van der Waals surface area contributed by atoms with Gasteiger partial charge in [0, 0.05) is 0 Å². The number of nitrogens with zero attached hydrogens (tertiary/aromatic N) is 4. The van der Waals surface area contributed by atoms with Crippen molar-refractivity contribution in [2.24, 2.45) is 0 Å². The van der Waals surface area contributed by atoms with E-state index in [1.54, 1.807) is 4.57 Å². The van der Waals surface area contributed by atoms with Gasteiger partial charge in [0.2, 0.25) is 0 Å². The molecule has 2 heterocycles. The predicted molar refractivity (Wildman–Crippen MR) is 84.9 cm³/mol. The largest absolute Gasteiger partial charge is 0.416 e. The topological polar surface area (TPSA) is 80.5 Å². The molecule has 0 aliphatic rings. The minimum atomic E-state index is -4.38. The van der Waals surface area contributed by atoms with Gasteiger partial charge in [0.15, 0.2) is 0 Å². The Balaban J connectivity index is 2.07. The maximum atomic E-state index is 12.6. The van der Waals surface area contributed by atoms with Gasteiger partial charge >= 0.3 is 6.18 Å². The van der Waals surface area contributed by atoms with Gasteiger partial charge < -0.3 is 10.3 Å². The first-order chi connectivity index (χ1) is 11.3. The smallest absolute Gasteiger partial charge is 0.383 e. The van der Waals surface area contributed by atoms with Crippen LogP contribution in [0.15, 0.2) is 35.2 Å². The van der Waals surface area contributed by atoms with E-state index in [0.717, 1.165) is 12.1 Å². The van der Waals surface area contributed by atoms with Crippen LogP contribution < -0.4 is 5.73 Å². The van der Waals surface area contributed by atoms with Gasteiger partial charge in [-0.2, -0.15) is 18.4 Å². The van der Waals surface area contributed by atoms with E-state index in [1.807, 2.05) is 6.07 Å². The Hall–Kier alpha value is -2.60. The molecular weight excluding hydrogens is 387 g/mol. The Kier molecular flexibility index (Phi) is 3.93. The molecule has 24 heavy (non-hydrogen) atoms. The molecule has 2 aromatic heterocycles. The third-order valence-electron chi connectivity index (χ3n) is 3.54. The summed E-state index contributed by atoms with van der Waals surface area (Å²) in [5.41, 5.74) is 6.45. The quantitative estimate of drug-likeness (QED) is 0.716. The van der Waals surface area contributed by atoms with Gasteiger partial charge in [-0.1, -0.05) is 12.1 Å². The van der Waals surface area contributed by atoms with Crippen molar-refractivity contribution in [3.05, 3.63) is 51.9 Å². The van der Waals surface area contributed by atoms with E-state index in [1.165, 1.54) is 18.5 Å². The number of nitriles is 1. The van der Waals surface area contributed by atoms with Crippen LogP contribution in [0.5, 0.6) is 0 Å². The summed E-state index contributed by atoms with van der Waals surface area (Å²) in [6, 6.07) is 6.85.